The quantitative estimate of drug-likeness (QED) is 0.616. The second-order valence-corrected chi connectivity index (χ2v) is 6.11. The summed E-state index contributed by atoms with van der Waals surface area (Å²) < 4.78 is 5.76. The Morgan fingerprint density at radius 1 is 1.30 bits per heavy atom. The summed E-state index contributed by atoms with van der Waals surface area (Å²) in [7, 11) is 0. The number of hydrogen-bond acceptors (Lipinski definition) is 5. The predicted octanol–water partition coefficient (Wildman–Crippen LogP) is 3.90. The van der Waals surface area contributed by atoms with E-state index in [4.69, 9.17) is 4.74 Å². The van der Waals surface area contributed by atoms with Crippen LogP contribution < -0.4 is 10.1 Å². The number of carbonyl (C=O) groups excluding carboxylic acids is 1. The average molecular weight is 331 g/mol. The summed E-state index contributed by atoms with van der Waals surface area (Å²) in [6, 6.07) is 11.8. The molecule has 1 heterocycles. The van der Waals surface area contributed by atoms with Gasteiger partial charge in [-0.1, -0.05) is 49.0 Å². The number of hydrogen-bond donors (Lipinski definition) is 1. The van der Waals surface area contributed by atoms with Crippen molar-refractivity contribution in [3.05, 3.63) is 42.0 Å². The fourth-order valence-corrected chi connectivity index (χ4v) is 2.59. The third-order valence-corrected chi connectivity index (χ3v) is 4.01. The van der Waals surface area contributed by atoms with Crippen LogP contribution in [0.1, 0.15) is 32.8 Å². The third kappa shape index (κ3) is 5.90. The van der Waals surface area contributed by atoms with Crippen LogP contribution in [-0.2, 0) is 10.5 Å². The number of thioether (sulfide) groups is 1. The molecule has 1 amide bonds. The molecule has 1 aromatic heterocycles. The van der Waals surface area contributed by atoms with Crippen molar-refractivity contribution in [3.8, 4) is 5.88 Å². The monoisotopic (exact) mass is 331 g/mol. The van der Waals surface area contributed by atoms with E-state index in [-0.39, 0.29) is 12.0 Å². The smallest absolute Gasteiger partial charge is 0.222 e. The Hall–Kier alpha value is -2.08. The van der Waals surface area contributed by atoms with Crippen molar-refractivity contribution in [2.45, 2.75) is 44.2 Å². The molecule has 0 aliphatic carbocycles. The van der Waals surface area contributed by atoms with Gasteiger partial charge in [-0.25, -0.2) is 4.98 Å². The largest absolute Gasteiger partial charge is 0.475 e. The molecule has 0 aliphatic heterocycles. The van der Waals surface area contributed by atoms with Gasteiger partial charge in [-0.3, -0.25) is 4.79 Å². The van der Waals surface area contributed by atoms with Crippen LogP contribution in [0.15, 0.2) is 41.6 Å². The topological polar surface area (TPSA) is 64.1 Å². The van der Waals surface area contributed by atoms with Crippen LogP contribution in [0.5, 0.6) is 5.88 Å². The van der Waals surface area contributed by atoms with Gasteiger partial charge >= 0.3 is 0 Å². The van der Waals surface area contributed by atoms with Crippen molar-refractivity contribution >= 4 is 23.5 Å². The molecule has 5 nitrogen and oxygen atoms in total. The number of carbonyl (C=O) groups is 1. The fraction of sp³-hybridized carbons (Fsp3) is 0.353. The van der Waals surface area contributed by atoms with E-state index in [1.807, 2.05) is 32.0 Å². The Morgan fingerprint density at radius 2 is 2.04 bits per heavy atom. The van der Waals surface area contributed by atoms with Crippen LogP contribution in [0.3, 0.4) is 0 Å². The van der Waals surface area contributed by atoms with E-state index >= 15 is 0 Å². The van der Waals surface area contributed by atoms with Gasteiger partial charge in [0.2, 0.25) is 11.8 Å². The zero-order chi connectivity index (χ0) is 16.7. The van der Waals surface area contributed by atoms with Crippen LogP contribution in [0.25, 0.3) is 0 Å². The van der Waals surface area contributed by atoms with Crippen molar-refractivity contribution in [2.75, 3.05) is 5.32 Å². The van der Waals surface area contributed by atoms with E-state index in [9.17, 15) is 4.79 Å². The van der Waals surface area contributed by atoms with Crippen LogP contribution >= 0.6 is 11.8 Å². The first-order valence-electron chi connectivity index (χ1n) is 7.57. The first-order valence-corrected chi connectivity index (χ1v) is 8.55. The van der Waals surface area contributed by atoms with E-state index in [2.05, 4.69) is 27.4 Å². The first kappa shape index (κ1) is 17.3. The van der Waals surface area contributed by atoms with Crippen LogP contribution in [-0.4, -0.2) is 22.0 Å². The fourth-order valence-electron chi connectivity index (χ4n) is 1.78. The molecule has 1 atom stereocenters. The second kappa shape index (κ2) is 8.53. The molecule has 0 fully saturated rings. The van der Waals surface area contributed by atoms with Gasteiger partial charge in [-0.2, -0.15) is 4.98 Å². The SMILES string of the molecule is CCC(C)Oc1cc(NC(C)=O)nc(SCc2ccccc2)n1. The van der Waals surface area contributed by atoms with Crippen molar-refractivity contribution in [2.24, 2.45) is 0 Å². The summed E-state index contributed by atoms with van der Waals surface area (Å²) in [6.45, 7) is 5.48. The zero-order valence-electron chi connectivity index (χ0n) is 13.6. The molecular formula is C17H21N3O2S. The Morgan fingerprint density at radius 3 is 2.70 bits per heavy atom. The molecule has 0 spiro atoms. The summed E-state index contributed by atoms with van der Waals surface area (Å²) in [5.74, 6) is 1.53. The maximum absolute atomic E-state index is 11.3. The number of ether oxygens (including phenoxy) is 1. The van der Waals surface area contributed by atoms with Gasteiger partial charge < -0.3 is 10.1 Å². The summed E-state index contributed by atoms with van der Waals surface area (Å²) in [6.07, 6.45) is 0.938. The highest BCUT2D eigenvalue weighted by Gasteiger charge is 2.10. The number of nitrogens with zero attached hydrogens (tertiary/aromatic N) is 2. The van der Waals surface area contributed by atoms with Crippen LogP contribution in [0.2, 0.25) is 0 Å². The minimum absolute atomic E-state index is 0.0575. The van der Waals surface area contributed by atoms with Gasteiger partial charge in [0.1, 0.15) is 5.82 Å². The molecular weight excluding hydrogens is 310 g/mol. The van der Waals surface area contributed by atoms with Gasteiger partial charge in [0, 0.05) is 18.7 Å². The van der Waals surface area contributed by atoms with Gasteiger partial charge in [-0.15, -0.1) is 0 Å². The molecule has 2 aromatic rings. The van der Waals surface area contributed by atoms with E-state index in [1.165, 1.54) is 24.2 Å². The lowest BCUT2D eigenvalue weighted by Crippen LogP contribution is -2.13. The molecule has 1 N–H and O–H groups in total. The van der Waals surface area contributed by atoms with Crippen molar-refractivity contribution in [3.63, 3.8) is 0 Å². The summed E-state index contributed by atoms with van der Waals surface area (Å²) in [5.41, 5.74) is 1.19. The third-order valence-electron chi connectivity index (χ3n) is 3.09. The van der Waals surface area contributed by atoms with Crippen molar-refractivity contribution in [1.82, 2.24) is 9.97 Å². The van der Waals surface area contributed by atoms with Crippen LogP contribution in [0, 0.1) is 0 Å². The van der Waals surface area contributed by atoms with Crippen molar-refractivity contribution < 1.29 is 9.53 Å². The minimum Gasteiger partial charge on any atom is -0.475 e. The summed E-state index contributed by atoms with van der Waals surface area (Å²) in [5, 5.41) is 3.27. The van der Waals surface area contributed by atoms with E-state index < -0.39 is 0 Å². The Kier molecular flexibility index (Phi) is 6.40. The molecule has 0 radical (unpaired) electrons. The molecule has 0 aliphatic rings. The number of benzene rings is 1. The number of aromatic nitrogens is 2. The highest BCUT2D eigenvalue weighted by atomic mass is 32.2. The Balaban J connectivity index is 2.15. The van der Waals surface area contributed by atoms with E-state index in [0.717, 1.165) is 12.2 Å². The number of nitrogens with one attached hydrogen (secondary N) is 1. The Labute approximate surface area is 140 Å². The van der Waals surface area contributed by atoms with Crippen molar-refractivity contribution in [1.29, 1.82) is 0 Å². The summed E-state index contributed by atoms with van der Waals surface area (Å²) in [4.78, 5) is 20.1. The normalized spacial score (nSPS) is 11.8. The maximum Gasteiger partial charge on any atom is 0.222 e. The first-order chi connectivity index (χ1) is 11.1. The Bertz CT molecular complexity index is 650. The lowest BCUT2D eigenvalue weighted by atomic mass is 10.2. The van der Waals surface area contributed by atoms with Crippen LogP contribution in [0.4, 0.5) is 5.82 Å². The second-order valence-electron chi connectivity index (χ2n) is 5.17. The van der Waals surface area contributed by atoms with Gasteiger partial charge in [0.05, 0.1) is 6.10 Å². The molecule has 6 heteroatoms. The minimum atomic E-state index is -0.169. The van der Waals surface area contributed by atoms with E-state index in [1.54, 1.807) is 6.07 Å². The molecule has 1 unspecified atom stereocenters. The zero-order valence-corrected chi connectivity index (χ0v) is 14.4. The summed E-state index contributed by atoms with van der Waals surface area (Å²) >= 11 is 1.51. The van der Waals surface area contributed by atoms with Gasteiger partial charge in [-0.05, 0) is 18.9 Å². The molecule has 122 valence electrons. The molecule has 0 bridgehead atoms. The van der Waals surface area contributed by atoms with Gasteiger partial charge in [0.15, 0.2) is 5.16 Å². The lowest BCUT2D eigenvalue weighted by Gasteiger charge is -2.13. The predicted molar refractivity (Wildman–Crippen MR) is 92.7 cm³/mol. The molecule has 0 saturated heterocycles. The molecule has 23 heavy (non-hydrogen) atoms. The highest BCUT2D eigenvalue weighted by Crippen LogP contribution is 2.24. The van der Waals surface area contributed by atoms with Gasteiger partial charge in [0.25, 0.3) is 0 Å². The number of rotatable bonds is 7. The lowest BCUT2D eigenvalue weighted by molar-refractivity contribution is -0.114. The van der Waals surface area contributed by atoms with E-state index in [0.29, 0.717) is 16.9 Å². The number of anilines is 1. The molecule has 2 rings (SSSR count). The number of amides is 1. The highest BCUT2D eigenvalue weighted by molar-refractivity contribution is 7.98. The molecule has 1 aromatic carbocycles. The average Bonchev–Trinajstić information content (AvgIpc) is 2.53. The molecule has 0 saturated carbocycles. The maximum atomic E-state index is 11.3. The standard InChI is InChI=1S/C17H21N3O2S/c1-4-12(2)22-16-10-15(18-13(3)21)19-17(20-16)23-11-14-8-6-5-7-9-14/h5-10,12H,4,11H2,1-3H3,(H,18,19,20,21).